The Morgan fingerprint density at radius 1 is 0.522 bits per heavy atom. The zero-order valence-corrected chi connectivity index (χ0v) is 14.5. The molecule has 0 heterocycles. The van der Waals surface area contributed by atoms with Crippen molar-refractivity contribution in [3.8, 4) is 0 Å². The van der Waals surface area contributed by atoms with Gasteiger partial charge in [-0.05, 0) is 50.2 Å². The van der Waals surface area contributed by atoms with E-state index in [4.69, 9.17) is 0 Å². The van der Waals surface area contributed by atoms with Crippen LogP contribution in [0.1, 0.15) is 13.8 Å². The molecule has 2 heteroatoms. The number of hydrogen-bond acceptors (Lipinski definition) is 1. The molecule has 1 N–H and O–H groups in total. The van der Waals surface area contributed by atoms with Gasteiger partial charge in [0.05, 0.1) is 5.66 Å². The Hall–Kier alpha value is -1.95. The van der Waals surface area contributed by atoms with Gasteiger partial charge in [-0.25, -0.2) is 0 Å². The van der Waals surface area contributed by atoms with Crippen molar-refractivity contribution < 1.29 is 5.48 Å². The fourth-order valence-electron chi connectivity index (χ4n) is 3.33. The maximum absolute atomic E-state index is 2.36. The average molecular weight is 322 g/mol. The molecule has 0 bridgehead atoms. The minimum Gasteiger partial charge on any atom is -0.870 e. The van der Waals surface area contributed by atoms with Crippen LogP contribution in [0.2, 0.25) is 0 Å². The van der Waals surface area contributed by atoms with Crippen LogP contribution in [0.5, 0.6) is 0 Å². The molecular weight excluding hydrogens is 299 g/mol. The normalized spacial score (nSPS) is 11.1. The van der Waals surface area contributed by atoms with Crippen LogP contribution in [-0.2, 0) is 0 Å². The lowest BCUT2D eigenvalue weighted by Gasteiger charge is -2.31. The third kappa shape index (κ3) is 3.08. The molecule has 3 aromatic carbocycles. The molecule has 23 heavy (non-hydrogen) atoms. The minimum atomic E-state index is -1.63. The van der Waals surface area contributed by atoms with Crippen molar-refractivity contribution >= 4 is 23.2 Å². The van der Waals surface area contributed by atoms with Crippen molar-refractivity contribution in [2.24, 2.45) is 0 Å². The third-order valence-corrected chi connectivity index (χ3v) is 9.15. The largest absolute Gasteiger partial charge is 0.870 e. The number of benzene rings is 3. The first-order valence-corrected chi connectivity index (χ1v) is 9.67. The molecule has 0 fully saturated rings. The van der Waals surface area contributed by atoms with Crippen LogP contribution in [0, 0.1) is 0 Å². The Morgan fingerprint density at radius 2 is 0.783 bits per heavy atom. The van der Waals surface area contributed by atoms with Gasteiger partial charge in [-0.1, -0.05) is 54.6 Å². The van der Waals surface area contributed by atoms with E-state index in [0.717, 1.165) is 0 Å². The molecule has 0 saturated carbocycles. The van der Waals surface area contributed by atoms with Crippen molar-refractivity contribution in [3.05, 3.63) is 91.0 Å². The van der Waals surface area contributed by atoms with Gasteiger partial charge in [0.15, 0.2) is 0 Å². The summed E-state index contributed by atoms with van der Waals surface area (Å²) in [7, 11) is -1.63. The van der Waals surface area contributed by atoms with E-state index in [9.17, 15) is 0 Å². The van der Waals surface area contributed by atoms with Gasteiger partial charge in [-0.15, -0.1) is 0 Å². The van der Waals surface area contributed by atoms with E-state index in [2.05, 4.69) is 105 Å². The molecule has 118 valence electrons. The molecular formula is C21H23OP. The summed E-state index contributed by atoms with van der Waals surface area (Å²) in [6.07, 6.45) is 0. The van der Waals surface area contributed by atoms with E-state index in [1.807, 2.05) is 0 Å². The van der Waals surface area contributed by atoms with Crippen LogP contribution in [0.25, 0.3) is 0 Å². The van der Waals surface area contributed by atoms with Gasteiger partial charge in [-0.2, -0.15) is 0 Å². The van der Waals surface area contributed by atoms with E-state index in [1.165, 1.54) is 15.9 Å². The monoisotopic (exact) mass is 322 g/mol. The smallest absolute Gasteiger partial charge is 0.114 e. The summed E-state index contributed by atoms with van der Waals surface area (Å²) in [6, 6.07) is 33.1. The number of hydrogen-bond donors (Lipinski definition) is 0. The molecule has 0 radical (unpaired) electrons. The lowest BCUT2D eigenvalue weighted by Crippen LogP contribution is -2.36. The highest BCUT2D eigenvalue weighted by Crippen LogP contribution is 2.59. The SMILES string of the molecule is CC(C)[P+](c1ccccc1)(c1ccccc1)c1ccccc1.[OH-]. The maximum atomic E-state index is 2.36. The van der Waals surface area contributed by atoms with Crippen LogP contribution in [0.3, 0.4) is 0 Å². The molecule has 0 aliphatic heterocycles. The highest BCUT2D eigenvalue weighted by atomic mass is 31.2. The average Bonchev–Trinajstić information content (AvgIpc) is 2.58. The second kappa shape index (κ2) is 7.55. The Labute approximate surface area is 139 Å². The Balaban J connectivity index is 0.00000192. The summed E-state index contributed by atoms with van der Waals surface area (Å²) in [6.45, 7) is 4.72. The summed E-state index contributed by atoms with van der Waals surface area (Å²) in [4.78, 5) is 0. The van der Waals surface area contributed by atoms with Crippen molar-refractivity contribution in [1.29, 1.82) is 0 Å². The van der Waals surface area contributed by atoms with E-state index >= 15 is 0 Å². The lowest BCUT2D eigenvalue weighted by molar-refractivity contribution is 0.824. The second-order valence-electron chi connectivity index (χ2n) is 5.82. The van der Waals surface area contributed by atoms with Crippen LogP contribution >= 0.6 is 7.26 Å². The van der Waals surface area contributed by atoms with Crippen molar-refractivity contribution in [2.75, 3.05) is 0 Å². The Kier molecular flexibility index (Phi) is 5.71. The van der Waals surface area contributed by atoms with E-state index < -0.39 is 7.26 Å². The standard InChI is InChI=1S/C21H22P.H2O/c1-18(2)22(19-12-6-3-7-13-19,20-14-8-4-9-15-20)21-16-10-5-11-17-21;/h3-18H,1-2H3;1H2/q+1;/p-1. The fraction of sp³-hybridized carbons (Fsp3) is 0.143. The molecule has 0 amide bonds. The molecule has 0 spiro atoms. The predicted octanol–water partition coefficient (Wildman–Crippen LogP) is 4.21. The predicted molar refractivity (Wildman–Crippen MR) is 102 cm³/mol. The topological polar surface area (TPSA) is 30.0 Å². The van der Waals surface area contributed by atoms with Gasteiger partial charge < -0.3 is 5.48 Å². The first kappa shape index (κ1) is 17.4. The van der Waals surface area contributed by atoms with Gasteiger partial charge in [-0.3, -0.25) is 0 Å². The lowest BCUT2D eigenvalue weighted by atomic mass is 10.3. The fourth-order valence-corrected chi connectivity index (χ4v) is 7.94. The molecule has 0 aromatic heterocycles. The second-order valence-corrected chi connectivity index (χ2v) is 9.85. The number of rotatable bonds is 4. The van der Waals surface area contributed by atoms with Crippen molar-refractivity contribution in [1.82, 2.24) is 0 Å². The van der Waals surface area contributed by atoms with Gasteiger partial charge in [0.2, 0.25) is 0 Å². The van der Waals surface area contributed by atoms with Crippen LogP contribution in [0.4, 0.5) is 0 Å². The van der Waals surface area contributed by atoms with Crippen molar-refractivity contribution in [2.45, 2.75) is 19.5 Å². The van der Waals surface area contributed by atoms with E-state index in [-0.39, 0.29) is 5.48 Å². The van der Waals surface area contributed by atoms with Gasteiger partial charge in [0.1, 0.15) is 23.2 Å². The van der Waals surface area contributed by atoms with Gasteiger partial charge in [0, 0.05) is 0 Å². The van der Waals surface area contributed by atoms with E-state index in [0.29, 0.717) is 5.66 Å². The minimum absolute atomic E-state index is 0. The quantitative estimate of drug-likeness (QED) is 0.662. The zero-order chi connectivity index (χ0) is 15.4. The third-order valence-electron chi connectivity index (χ3n) is 4.26. The molecule has 0 unspecified atom stereocenters. The van der Waals surface area contributed by atoms with Gasteiger partial charge >= 0.3 is 0 Å². The zero-order valence-electron chi connectivity index (χ0n) is 13.6. The summed E-state index contributed by atoms with van der Waals surface area (Å²) in [5.41, 5.74) is 0.555. The molecule has 1 nitrogen and oxygen atoms in total. The molecule has 3 rings (SSSR count). The first-order valence-electron chi connectivity index (χ1n) is 7.82. The van der Waals surface area contributed by atoms with Crippen LogP contribution in [0.15, 0.2) is 91.0 Å². The molecule has 0 atom stereocenters. The van der Waals surface area contributed by atoms with Gasteiger partial charge in [0.25, 0.3) is 0 Å². The summed E-state index contributed by atoms with van der Waals surface area (Å²) >= 11 is 0. The highest BCUT2D eigenvalue weighted by molar-refractivity contribution is 7.96. The van der Waals surface area contributed by atoms with E-state index in [1.54, 1.807) is 0 Å². The summed E-state index contributed by atoms with van der Waals surface area (Å²) in [5.74, 6) is 0. The Bertz CT molecular complexity index is 612. The summed E-state index contributed by atoms with van der Waals surface area (Å²) in [5, 5.41) is 4.38. The molecule has 0 aliphatic carbocycles. The summed E-state index contributed by atoms with van der Waals surface area (Å²) < 4.78 is 0. The highest BCUT2D eigenvalue weighted by Gasteiger charge is 2.48. The Morgan fingerprint density at radius 3 is 1.00 bits per heavy atom. The van der Waals surface area contributed by atoms with Crippen molar-refractivity contribution in [3.63, 3.8) is 0 Å². The molecule has 0 aliphatic rings. The van der Waals surface area contributed by atoms with Crippen LogP contribution < -0.4 is 15.9 Å². The van der Waals surface area contributed by atoms with Crippen LogP contribution in [-0.4, -0.2) is 11.1 Å². The maximum Gasteiger partial charge on any atom is 0.114 e. The molecule has 0 saturated heterocycles. The first-order chi connectivity index (χ1) is 10.8. The molecule has 3 aromatic rings.